The highest BCUT2D eigenvalue weighted by molar-refractivity contribution is 9.10. The normalized spacial score (nSPS) is 18.4. The van der Waals surface area contributed by atoms with Gasteiger partial charge in [0.1, 0.15) is 0 Å². The molecule has 0 radical (unpaired) electrons. The molecule has 1 atom stereocenters. The van der Waals surface area contributed by atoms with Gasteiger partial charge in [-0.15, -0.1) is 0 Å². The van der Waals surface area contributed by atoms with E-state index in [1.807, 2.05) is 13.0 Å². The molecule has 0 N–H and O–H groups in total. The Kier molecular flexibility index (Phi) is 4.00. The lowest BCUT2D eigenvalue weighted by atomic mass is 10.0. The molecule has 0 bridgehead atoms. The Morgan fingerprint density at radius 2 is 2.24 bits per heavy atom. The van der Waals surface area contributed by atoms with Gasteiger partial charge in [0.2, 0.25) is 5.88 Å². The van der Waals surface area contributed by atoms with E-state index in [4.69, 9.17) is 4.74 Å². The van der Waals surface area contributed by atoms with E-state index in [2.05, 4.69) is 52.1 Å². The van der Waals surface area contributed by atoms with Crippen molar-refractivity contribution in [3.63, 3.8) is 0 Å². The van der Waals surface area contributed by atoms with E-state index in [1.54, 1.807) is 0 Å². The Morgan fingerprint density at radius 3 is 2.88 bits per heavy atom. The fourth-order valence-electron chi connectivity index (χ4n) is 1.80. The second kappa shape index (κ2) is 5.50. The first-order valence-electron chi connectivity index (χ1n) is 5.76. The number of nitrogens with zero attached hydrogens (tertiary/aromatic N) is 1. The van der Waals surface area contributed by atoms with E-state index in [1.165, 1.54) is 0 Å². The molecule has 90 valence electrons. The van der Waals surface area contributed by atoms with Gasteiger partial charge in [0.25, 0.3) is 0 Å². The predicted octanol–water partition coefficient (Wildman–Crippen LogP) is 3.97. The van der Waals surface area contributed by atoms with Crippen molar-refractivity contribution in [2.45, 2.75) is 20.3 Å². The van der Waals surface area contributed by atoms with Gasteiger partial charge in [0.05, 0.1) is 12.3 Å². The second-order valence-corrected chi connectivity index (χ2v) is 5.09. The largest absolute Gasteiger partial charge is 0.477 e. The highest BCUT2D eigenvalue weighted by atomic mass is 79.9. The van der Waals surface area contributed by atoms with Crippen molar-refractivity contribution in [3.8, 4) is 5.88 Å². The molecular weight excluding hydrogens is 278 g/mol. The predicted molar refractivity (Wildman–Crippen MR) is 73.3 cm³/mol. The molecule has 0 spiro atoms. The summed E-state index contributed by atoms with van der Waals surface area (Å²) in [4.78, 5) is 4.41. The van der Waals surface area contributed by atoms with Crippen LogP contribution in [0.4, 0.5) is 0 Å². The SMILES string of the molecule is Cc1cc(OCC2C=CC=CC2)nc(C)c1Br. The van der Waals surface area contributed by atoms with Gasteiger partial charge >= 0.3 is 0 Å². The lowest BCUT2D eigenvalue weighted by molar-refractivity contribution is 0.265. The maximum Gasteiger partial charge on any atom is 0.213 e. The van der Waals surface area contributed by atoms with E-state index < -0.39 is 0 Å². The number of hydrogen-bond donors (Lipinski definition) is 0. The average Bonchev–Trinajstić information content (AvgIpc) is 2.34. The molecule has 0 saturated carbocycles. The van der Waals surface area contributed by atoms with Gasteiger partial charge in [0, 0.05) is 16.5 Å². The molecule has 0 fully saturated rings. The fourth-order valence-corrected chi connectivity index (χ4v) is 2.01. The lowest BCUT2D eigenvalue weighted by Crippen LogP contribution is -2.11. The topological polar surface area (TPSA) is 22.1 Å². The van der Waals surface area contributed by atoms with Crippen LogP contribution in [0.5, 0.6) is 5.88 Å². The van der Waals surface area contributed by atoms with Gasteiger partial charge in [-0.25, -0.2) is 4.98 Å². The molecule has 0 saturated heterocycles. The highest BCUT2D eigenvalue weighted by Gasteiger charge is 2.09. The summed E-state index contributed by atoms with van der Waals surface area (Å²) in [6.45, 7) is 4.72. The quantitative estimate of drug-likeness (QED) is 0.841. The van der Waals surface area contributed by atoms with Gasteiger partial charge in [-0.2, -0.15) is 0 Å². The Bertz CT molecular complexity index is 442. The van der Waals surface area contributed by atoms with E-state index in [0.717, 1.165) is 22.2 Å². The molecule has 0 aliphatic heterocycles. The number of pyridine rings is 1. The Morgan fingerprint density at radius 1 is 1.41 bits per heavy atom. The van der Waals surface area contributed by atoms with Gasteiger partial charge in [-0.1, -0.05) is 24.3 Å². The molecule has 1 aromatic heterocycles. The first kappa shape index (κ1) is 12.4. The minimum absolute atomic E-state index is 0.464. The Balaban J connectivity index is 1.99. The maximum absolute atomic E-state index is 5.75. The summed E-state index contributed by atoms with van der Waals surface area (Å²) < 4.78 is 6.81. The van der Waals surface area contributed by atoms with Crippen molar-refractivity contribution in [2.75, 3.05) is 6.61 Å². The molecule has 1 heterocycles. The molecule has 2 nitrogen and oxygen atoms in total. The number of ether oxygens (including phenoxy) is 1. The summed E-state index contributed by atoms with van der Waals surface area (Å²) >= 11 is 3.50. The monoisotopic (exact) mass is 293 g/mol. The van der Waals surface area contributed by atoms with Crippen molar-refractivity contribution in [3.05, 3.63) is 46.1 Å². The number of aryl methyl sites for hydroxylation is 2. The number of allylic oxidation sites excluding steroid dienone is 3. The van der Waals surface area contributed by atoms with Crippen LogP contribution in [-0.4, -0.2) is 11.6 Å². The molecule has 0 aromatic carbocycles. The van der Waals surface area contributed by atoms with Crippen LogP contribution >= 0.6 is 15.9 Å². The van der Waals surface area contributed by atoms with Gasteiger partial charge in [-0.05, 0) is 41.8 Å². The average molecular weight is 294 g/mol. The van der Waals surface area contributed by atoms with Crippen LogP contribution in [-0.2, 0) is 0 Å². The molecule has 0 amide bonds. The van der Waals surface area contributed by atoms with Gasteiger partial charge in [0.15, 0.2) is 0 Å². The van der Waals surface area contributed by atoms with E-state index >= 15 is 0 Å². The summed E-state index contributed by atoms with van der Waals surface area (Å²) in [5, 5.41) is 0. The second-order valence-electron chi connectivity index (χ2n) is 4.30. The van der Waals surface area contributed by atoms with Crippen LogP contribution in [0.25, 0.3) is 0 Å². The van der Waals surface area contributed by atoms with Crippen molar-refractivity contribution in [1.29, 1.82) is 0 Å². The number of aromatic nitrogens is 1. The molecule has 1 aliphatic rings. The third-order valence-electron chi connectivity index (χ3n) is 2.80. The molecule has 1 aromatic rings. The van der Waals surface area contributed by atoms with Crippen molar-refractivity contribution in [2.24, 2.45) is 5.92 Å². The van der Waals surface area contributed by atoms with Gasteiger partial charge in [-0.3, -0.25) is 0 Å². The molecule has 1 aliphatic carbocycles. The van der Waals surface area contributed by atoms with E-state index in [0.29, 0.717) is 18.4 Å². The summed E-state index contributed by atoms with van der Waals surface area (Å²) in [7, 11) is 0. The van der Waals surface area contributed by atoms with Crippen molar-refractivity contribution < 1.29 is 4.74 Å². The molecule has 1 unspecified atom stereocenters. The summed E-state index contributed by atoms with van der Waals surface area (Å²) in [6.07, 6.45) is 9.54. The minimum Gasteiger partial charge on any atom is -0.477 e. The van der Waals surface area contributed by atoms with Crippen LogP contribution in [0, 0.1) is 19.8 Å². The number of rotatable bonds is 3. The molecule has 17 heavy (non-hydrogen) atoms. The summed E-state index contributed by atoms with van der Waals surface area (Å²) in [5.41, 5.74) is 2.13. The summed E-state index contributed by atoms with van der Waals surface area (Å²) in [6, 6.07) is 1.97. The fraction of sp³-hybridized carbons (Fsp3) is 0.357. The smallest absolute Gasteiger partial charge is 0.213 e. The third-order valence-corrected chi connectivity index (χ3v) is 4.00. The lowest BCUT2D eigenvalue weighted by Gasteiger charge is -2.14. The Hall–Kier alpha value is -1.09. The van der Waals surface area contributed by atoms with Crippen LogP contribution in [0.1, 0.15) is 17.7 Å². The minimum atomic E-state index is 0.464. The van der Waals surface area contributed by atoms with Crippen molar-refractivity contribution >= 4 is 15.9 Å². The van der Waals surface area contributed by atoms with Crippen LogP contribution in [0.15, 0.2) is 34.8 Å². The zero-order chi connectivity index (χ0) is 12.3. The first-order chi connectivity index (χ1) is 8.16. The molecular formula is C14H16BrNO. The zero-order valence-corrected chi connectivity index (χ0v) is 11.7. The number of hydrogen-bond acceptors (Lipinski definition) is 2. The molecule has 3 heteroatoms. The maximum atomic E-state index is 5.75. The van der Waals surface area contributed by atoms with E-state index in [9.17, 15) is 0 Å². The van der Waals surface area contributed by atoms with Crippen LogP contribution in [0.2, 0.25) is 0 Å². The summed E-state index contributed by atoms with van der Waals surface area (Å²) in [5.74, 6) is 1.18. The zero-order valence-electron chi connectivity index (χ0n) is 10.1. The first-order valence-corrected chi connectivity index (χ1v) is 6.56. The van der Waals surface area contributed by atoms with E-state index in [-0.39, 0.29) is 0 Å². The van der Waals surface area contributed by atoms with Crippen molar-refractivity contribution in [1.82, 2.24) is 4.98 Å². The number of halogens is 1. The molecule has 2 rings (SSSR count). The van der Waals surface area contributed by atoms with Crippen LogP contribution in [0.3, 0.4) is 0 Å². The van der Waals surface area contributed by atoms with Crippen LogP contribution < -0.4 is 4.74 Å². The standard InChI is InChI=1S/C14H16BrNO/c1-10-8-13(16-11(2)14(10)15)17-9-12-6-4-3-5-7-12/h3-6,8,12H,7,9H2,1-2H3. The highest BCUT2D eigenvalue weighted by Crippen LogP contribution is 2.23. The Labute approximate surface area is 111 Å². The van der Waals surface area contributed by atoms with Gasteiger partial charge < -0.3 is 4.74 Å². The third kappa shape index (κ3) is 3.19.